The minimum Gasteiger partial charge on any atom is -0.508 e. The average molecular weight is 224 g/mol. The third-order valence-corrected chi connectivity index (χ3v) is 2.42. The third kappa shape index (κ3) is 4.01. The molecule has 1 atom stereocenters. The predicted octanol–water partition coefficient (Wildman–Crippen LogP) is 3.30. The van der Waals surface area contributed by atoms with Gasteiger partial charge >= 0.3 is 0 Å². The van der Waals surface area contributed by atoms with Crippen molar-refractivity contribution in [2.45, 2.75) is 39.7 Å². The SMILES string of the molecule is CC(C)CCC(C)Oc1cc(O)ccc1O. The van der Waals surface area contributed by atoms with Crippen LogP contribution in [0.1, 0.15) is 33.6 Å². The van der Waals surface area contributed by atoms with Gasteiger partial charge in [-0.1, -0.05) is 13.8 Å². The Labute approximate surface area is 96.7 Å². The maximum Gasteiger partial charge on any atom is 0.164 e. The quantitative estimate of drug-likeness (QED) is 0.754. The van der Waals surface area contributed by atoms with Crippen molar-refractivity contribution in [3.63, 3.8) is 0 Å². The van der Waals surface area contributed by atoms with Crippen LogP contribution in [0.4, 0.5) is 0 Å². The summed E-state index contributed by atoms with van der Waals surface area (Å²) < 4.78 is 5.57. The number of hydrogen-bond donors (Lipinski definition) is 2. The van der Waals surface area contributed by atoms with Crippen LogP contribution in [-0.4, -0.2) is 16.3 Å². The van der Waals surface area contributed by atoms with Gasteiger partial charge in [0.2, 0.25) is 0 Å². The van der Waals surface area contributed by atoms with Crippen LogP contribution in [0.25, 0.3) is 0 Å². The van der Waals surface area contributed by atoms with Gasteiger partial charge in [-0.05, 0) is 37.8 Å². The van der Waals surface area contributed by atoms with Gasteiger partial charge in [0.05, 0.1) is 6.10 Å². The van der Waals surface area contributed by atoms with Gasteiger partial charge in [-0.2, -0.15) is 0 Å². The molecule has 0 bridgehead atoms. The second-order valence-electron chi connectivity index (χ2n) is 4.55. The minimum absolute atomic E-state index is 0.0371. The van der Waals surface area contributed by atoms with E-state index < -0.39 is 0 Å². The van der Waals surface area contributed by atoms with Crippen LogP contribution in [0, 0.1) is 5.92 Å². The molecule has 0 aliphatic carbocycles. The predicted molar refractivity (Wildman–Crippen MR) is 63.9 cm³/mol. The molecule has 0 amide bonds. The molecule has 0 aromatic heterocycles. The highest BCUT2D eigenvalue weighted by atomic mass is 16.5. The average Bonchev–Trinajstić information content (AvgIpc) is 2.20. The summed E-state index contributed by atoms with van der Waals surface area (Å²) in [4.78, 5) is 0. The Balaban J connectivity index is 2.55. The molecule has 0 fully saturated rings. The molecule has 0 saturated carbocycles. The molecule has 1 unspecified atom stereocenters. The summed E-state index contributed by atoms with van der Waals surface area (Å²) >= 11 is 0. The highest BCUT2D eigenvalue weighted by Crippen LogP contribution is 2.30. The molecule has 3 heteroatoms. The number of aromatic hydroxyl groups is 2. The molecule has 16 heavy (non-hydrogen) atoms. The normalized spacial score (nSPS) is 12.8. The van der Waals surface area contributed by atoms with Gasteiger partial charge in [0.15, 0.2) is 11.5 Å². The van der Waals surface area contributed by atoms with E-state index >= 15 is 0 Å². The molecule has 3 nitrogen and oxygen atoms in total. The van der Waals surface area contributed by atoms with E-state index in [2.05, 4.69) is 13.8 Å². The van der Waals surface area contributed by atoms with Crippen LogP contribution in [0.3, 0.4) is 0 Å². The lowest BCUT2D eigenvalue weighted by Gasteiger charge is -2.16. The standard InChI is InChI=1S/C13H20O3/c1-9(2)4-5-10(3)16-13-8-11(14)6-7-12(13)15/h6-10,14-15H,4-5H2,1-3H3. The zero-order valence-electron chi connectivity index (χ0n) is 10.1. The van der Waals surface area contributed by atoms with E-state index in [1.807, 2.05) is 6.92 Å². The van der Waals surface area contributed by atoms with Gasteiger partial charge in [0, 0.05) is 6.07 Å². The maximum absolute atomic E-state index is 9.53. The van der Waals surface area contributed by atoms with Gasteiger partial charge in [0.25, 0.3) is 0 Å². The van der Waals surface area contributed by atoms with E-state index in [1.165, 1.54) is 18.2 Å². The lowest BCUT2D eigenvalue weighted by atomic mass is 10.1. The number of phenolic OH excluding ortho intramolecular Hbond substituents is 2. The van der Waals surface area contributed by atoms with Gasteiger partial charge in [-0.25, -0.2) is 0 Å². The molecule has 0 aliphatic rings. The van der Waals surface area contributed by atoms with E-state index in [9.17, 15) is 10.2 Å². The molecule has 2 N–H and O–H groups in total. The molecular weight excluding hydrogens is 204 g/mol. The monoisotopic (exact) mass is 224 g/mol. The first-order chi connectivity index (χ1) is 7.49. The van der Waals surface area contributed by atoms with Crippen LogP contribution in [0.5, 0.6) is 17.2 Å². The van der Waals surface area contributed by atoms with E-state index in [4.69, 9.17) is 4.74 Å². The van der Waals surface area contributed by atoms with E-state index in [-0.39, 0.29) is 17.6 Å². The summed E-state index contributed by atoms with van der Waals surface area (Å²) in [6, 6.07) is 4.29. The number of hydrogen-bond acceptors (Lipinski definition) is 3. The van der Waals surface area contributed by atoms with E-state index in [0.717, 1.165) is 12.8 Å². The van der Waals surface area contributed by atoms with Crippen molar-refractivity contribution in [2.24, 2.45) is 5.92 Å². The summed E-state index contributed by atoms with van der Waals surface area (Å²) in [6.07, 6.45) is 2.06. The fourth-order valence-electron chi connectivity index (χ4n) is 1.44. The van der Waals surface area contributed by atoms with Crippen LogP contribution in [-0.2, 0) is 0 Å². The van der Waals surface area contributed by atoms with Gasteiger partial charge in [-0.3, -0.25) is 0 Å². The molecule has 0 spiro atoms. The summed E-state index contributed by atoms with van der Waals surface area (Å²) in [7, 11) is 0. The number of ether oxygens (including phenoxy) is 1. The maximum atomic E-state index is 9.53. The molecule has 1 rings (SSSR count). The largest absolute Gasteiger partial charge is 0.508 e. The lowest BCUT2D eigenvalue weighted by Crippen LogP contribution is -2.12. The van der Waals surface area contributed by atoms with Crippen molar-refractivity contribution in [1.82, 2.24) is 0 Å². The zero-order chi connectivity index (χ0) is 12.1. The Hall–Kier alpha value is -1.38. The van der Waals surface area contributed by atoms with Crippen LogP contribution in [0.2, 0.25) is 0 Å². The molecule has 1 aromatic carbocycles. The number of rotatable bonds is 5. The van der Waals surface area contributed by atoms with Crippen LogP contribution in [0.15, 0.2) is 18.2 Å². The van der Waals surface area contributed by atoms with Crippen molar-refractivity contribution in [3.8, 4) is 17.2 Å². The van der Waals surface area contributed by atoms with Gasteiger partial charge in [-0.15, -0.1) is 0 Å². The Bertz CT molecular complexity index is 334. The topological polar surface area (TPSA) is 49.7 Å². The van der Waals surface area contributed by atoms with Gasteiger partial charge < -0.3 is 14.9 Å². The molecule has 0 saturated heterocycles. The number of phenols is 2. The van der Waals surface area contributed by atoms with Crippen molar-refractivity contribution < 1.29 is 14.9 Å². The van der Waals surface area contributed by atoms with Crippen molar-refractivity contribution in [3.05, 3.63) is 18.2 Å². The molecular formula is C13H20O3. The first-order valence-electron chi connectivity index (χ1n) is 5.67. The molecule has 0 aliphatic heterocycles. The molecule has 90 valence electrons. The smallest absolute Gasteiger partial charge is 0.164 e. The molecule has 1 aromatic rings. The summed E-state index contributed by atoms with van der Waals surface area (Å²) in [5.74, 6) is 1.15. The first-order valence-corrected chi connectivity index (χ1v) is 5.67. The summed E-state index contributed by atoms with van der Waals surface area (Å²) in [5.41, 5.74) is 0. The Morgan fingerprint density at radius 1 is 1.12 bits per heavy atom. The highest BCUT2D eigenvalue weighted by Gasteiger charge is 2.09. The van der Waals surface area contributed by atoms with Crippen LogP contribution >= 0.6 is 0 Å². The molecule has 0 radical (unpaired) electrons. The second-order valence-corrected chi connectivity index (χ2v) is 4.55. The summed E-state index contributed by atoms with van der Waals surface area (Å²) in [5, 5.41) is 18.8. The fraction of sp³-hybridized carbons (Fsp3) is 0.538. The Morgan fingerprint density at radius 3 is 2.44 bits per heavy atom. The number of benzene rings is 1. The van der Waals surface area contributed by atoms with Gasteiger partial charge in [0.1, 0.15) is 5.75 Å². The lowest BCUT2D eigenvalue weighted by molar-refractivity contribution is 0.193. The first kappa shape index (κ1) is 12.7. The van der Waals surface area contributed by atoms with Crippen molar-refractivity contribution >= 4 is 0 Å². The summed E-state index contributed by atoms with van der Waals surface area (Å²) in [6.45, 7) is 6.29. The van der Waals surface area contributed by atoms with Crippen molar-refractivity contribution in [2.75, 3.05) is 0 Å². The fourth-order valence-corrected chi connectivity index (χ4v) is 1.44. The van der Waals surface area contributed by atoms with Crippen molar-refractivity contribution in [1.29, 1.82) is 0 Å². The Kier molecular flexibility index (Phi) is 4.47. The highest BCUT2D eigenvalue weighted by molar-refractivity contribution is 5.43. The zero-order valence-corrected chi connectivity index (χ0v) is 10.1. The molecule has 0 heterocycles. The third-order valence-electron chi connectivity index (χ3n) is 2.42. The Morgan fingerprint density at radius 2 is 1.81 bits per heavy atom. The van der Waals surface area contributed by atoms with Crippen LogP contribution < -0.4 is 4.74 Å². The second kappa shape index (κ2) is 5.64. The van der Waals surface area contributed by atoms with E-state index in [0.29, 0.717) is 11.7 Å². The minimum atomic E-state index is 0.0371. The van der Waals surface area contributed by atoms with E-state index in [1.54, 1.807) is 0 Å².